The lowest BCUT2D eigenvalue weighted by molar-refractivity contribution is -0.384. The maximum absolute atomic E-state index is 14.3. The minimum absolute atomic E-state index is 0.0514. The van der Waals surface area contributed by atoms with E-state index in [1.165, 1.54) is 52.3 Å². The molecule has 1 fully saturated rings. The Hall–Kier alpha value is -3.29. The lowest BCUT2D eigenvalue weighted by atomic mass is 10.1. The van der Waals surface area contributed by atoms with Crippen molar-refractivity contribution in [3.8, 4) is 0 Å². The first-order valence-electron chi connectivity index (χ1n) is 8.06. The van der Waals surface area contributed by atoms with Gasteiger partial charge in [-0.25, -0.2) is 4.39 Å². The zero-order valence-corrected chi connectivity index (χ0v) is 13.8. The van der Waals surface area contributed by atoms with Gasteiger partial charge in [-0.2, -0.15) is 0 Å². The molecule has 7 nitrogen and oxygen atoms in total. The van der Waals surface area contributed by atoms with Crippen LogP contribution in [0.5, 0.6) is 0 Å². The fourth-order valence-electron chi connectivity index (χ4n) is 2.83. The molecule has 0 spiro atoms. The molecule has 2 amide bonds. The summed E-state index contributed by atoms with van der Waals surface area (Å²) in [5.74, 6) is -1.22. The number of likely N-dealkylation sites (tertiary alicyclic amines) is 1. The van der Waals surface area contributed by atoms with E-state index in [-0.39, 0.29) is 29.5 Å². The summed E-state index contributed by atoms with van der Waals surface area (Å²) in [6.45, 7) is 0.424. The molecule has 0 radical (unpaired) electrons. The minimum Gasteiger partial charge on any atom is -0.324 e. The van der Waals surface area contributed by atoms with E-state index in [2.05, 4.69) is 0 Å². The van der Waals surface area contributed by atoms with Crippen molar-refractivity contribution < 1.29 is 18.9 Å². The minimum atomic E-state index is -0.589. The van der Waals surface area contributed by atoms with Gasteiger partial charge in [0, 0.05) is 30.7 Å². The van der Waals surface area contributed by atoms with Crippen LogP contribution in [0.15, 0.2) is 48.5 Å². The first-order chi connectivity index (χ1) is 12.5. The number of carbonyl (C=O) groups excluding carboxylic acids is 2. The molecule has 0 atom stereocenters. The molecule has 0 bridgehead atoms. The standard InChI is InChI=1S/C18H16FN3O4/c19-15-4-1-2-5-16(15)21(12-20-11-3-6-17(20)23)18(24)13-7-9-14(10-8-13)22(25)26/h1-2,4-5,7-10H,3,6,11-12H2. The largest absolute Gasteiger partial charge is 0.324 e. The van der Waals surface area contributed by atoms with E-state index in [1.807, 2.05) is 0 Å². The first kappa shape index (κ1) is 17.5. The second-order valence-electron chi connectivity index (χ2n) is 5.89. The number of rotatable bonds is 5. The molecule has 26 heavy (non-hydrogen) atoms. The van der Waals surface area contributed by atoms with E-state index in [1.54, 1.807) is 6.07 Å². The Morgan fingerprint density at radius 2 is 1.88 bits per heavy atom. The quantitative estimate of drug-likeness (QED) is 0.608. The summed E-state index contributed by atoms with van der Waals surface area (Å²) in [6.07, 6.45) is 1.09. The summed E-state index contributed by atoms with van der Waals surface area (Å²) in [5.41, 5.74) is 0.0785. The predicted octanol–water partition coefficient (Wildman–Crippen LogP) is 2.96. The number of carbonyl (C=O) groups is 2. The summed E-state index contributed by atoms with van der Waals surface area (Å²) < 4.78 is 14.3. The molecule has 0 aromatic heterocycles. The van der Waals surface area contributed by atoms with Crippen molar-refractivity contribution >= 4 is 23.2 Å². The summed E-state index contributed by atoms with van der Waals surface area (Å²) in [6, 6.07) is 10.9. The topological polar surface area (TPSA) is 83.8 Å². The Morgan fingerprint density at radius 1 is 1.19 bits per heavy atom. The maximum Gasteiger partial charge on any atom is 0.269 e. The Bertz CT molecular complexity index is 854. The molecule has 2 aromatic carbocycles. The number of halogens is 1. The van der Waals surface area contributed by atoms with Crippen LogP contribution in [0.3, 0.4) is 0 Å². The molecular weight excluding hydrogens is 341 g/mol. The lowest BCUT2D eigenvalue weighted by Gasteiger charge is -2.28. The van der Waals surface area contributed by atoms with Crippen molar-refractivity contribution in [1.29, 1.82) is 0 Å². The van der Waals surface area contributed by atoms with E-state index in [4.69, 9.17) is 0 Å². The second kappa shape index (κ2) is 7.30. The number of hydrogen-bond donors (Lipinski definition) is 0. The average molecular weight is 357 g/mol. The van der Waals surface area contributed by atoms with Gasteiger partial charge in [0.15, 0.2) is 0 Å². The van der Waals surface area contributed by atoms with Crippen molar-refractivity contribution in [3.63, 3.8) is 0 Å². The smallest absolute Gasteiger partial charge is 0.269 e. The van der Waals surface area contributed by atoms with Gasteiger partial charge >= 0.3 is 0 Å². The third kappa shape index (κ3) is 3.53. The van der Waals surface area contributed by atoms with Crippen LogP contribution in [0.25, 0.3) is 0 Å². The number of nitro benzene ring substituents is 1. The van der Waals surface area contributed by atoms with Crippen LogP contribution in [-0.2, 0) is 4.79 Å². The van der Waals surface area contributed by atoms with E-state index < -0.39 is 16.6 Å². The third-order valence-electron chi connectivity index (χ3n) is 4.20. The van der Waals surface area contributed by atoms with Crippen LogP contribution in [0.2, 0.25) is 0 Å². The number of para-hydroxylation sites is 1. The van der Waals surface area contributed by atoms with Crippen molar-refractivity contribution in [2.24, 2.45) is 0 Å². The van der Waals surface area contributed by atoms with Gasteiger partial charge in [0.2, 0.25) is 5.91 Å². The molecule has 8 heteroatoms. The van der Waals surface area contributed by atoms with Gasteiger partial charge in [-0.05, 0) is 30.7 Å². The van der Waals surface area contributed by atoms with Crippen molar-refractivity contribution in [3.05, 3.63) is 70.0 Å². The zero-order chi connectivity index (χ0) is 18.7. The summed E-state index contributed by atoms with van der Waals surface area (Å²) in [4.78, 5) is 37.7. The molecule has 0 aliphatic carbocycles. The van der Waals surface area contributed by atoms with Crippen LogP contribution in [0.1, 0.15) is 23.2 Å². The molecule has 0 unspecified atom stereocenters. The summed E-state index contributed by atoms with van der Waals surface area (Å²) in [7, 11) is 0. The highest BCUT2D eigenvalue weighted by Gasteiger charge is 2.28. The van der Waals surface area contributed by atoms with Gasteiger partial charge in [-0.3, -0.25) is 24.6 Å². The fourth-order valence-corrected chi connectivity index (χ4v) is 2.83. The van der Waals surface area contributed by atoms with E-state index in [9.17, 15) is 24.1 Å². The molecular formula is C18H16FN3O4. The maximum atomic E-state index is 14.3. The van der Waals surface area contributed by atoms with Crippen LogP contribution in [0.4, 0.5) is 15.8 Å². The molecule has 1 aliphatic rings. The second-order valence-corrected chi connectivity index (χ2v) is 5.89. The molecule has 134 valence electrons. The highest BCUT2D eigenvalue weighted by molar-refractivity contribution is 6.06. The summed E-state index contributed by atoms with van der Waals surface area (Å²) >= 11 is 0. The molecule has 1 saturated heterocycles. The van der Waals surface area contributed by atoms with E-state index in [0.717, 1.165) is 0 Å². The average Bonchev–Trinajstić information content (AvgIpc) is 3.04. The van der Waals surface area contributed by atoms with Gasteiger partial charge < -0.3 is 4.90 Å². The van der Waals surface area contributed by atoms with E-state index >= 15 is 0 Å². The predicted molar refractivity (Wildman–Crippen MR) is 92.1 cm³/mol. The number of nitrogens with zero attached hydrogens (tertiary/aromatic N) is 3. The molecule has 1 aliphatic heterocycles. The van der Waals surface area contributed by atoms with Gasteiger partial charge in [-0.1, -0.05) is 12.1 Å². The fraction of sp³-hybridized carbons (Fsp3) is 0.222. The highest BCUT2D eigenvalue weighted by atomic mass is 19.1. The number of nitro groups is 1. The molecule has 1 heterocycles. The molecule has 3 rings (SSSR count). The Kier molecular flexibility index (Phi) is 4.92. The normalized spacial score (nSPS) is 13.7. The molecule has 0 N–H and O–H groups in total. The molecule has 0 saturated carbocycles. The van der Waals surface area contributed by atoms with Crippen LogP contribution < -0.4 is 4.90 Å². The van der Waals surface area contributed by atoms with Gasteiger partial charge in [0.1, 0.15) is 12.5 Å². The molecule has 2 aromatic rings. The Morgan fingerprint density at radius 3 is 2.46 bits per heavy atom. The Balaban J connectivity index is 1.93. The number of amides is 2. The number of anilines is 1. The van der Waals surface area contributed by atoms with Crippen molar-refractivity contribution in [1.82, 2.24) is 4.90 Å². The number of hydrogen-bond acceptors (Lipinski definition) is 4. The van der Waals surface area contributed by atoms with Crippen LogP contribution >= 0.6 is 0 Å². The number of non-ortho nitro benzene ring substituents is 1. The monoisotopic (exact) mass is 357 g/mol. The van der Waals surface area contributed by atoms with Gasteiger partial charge in [0.25, 0.3) is 11.6 Å². The lowest BCUT2D eigenvalue weighted by Crippen LogP contribution is -2.42. The van der Waals surface area contributed by atoms with Crippen LogP contribution in [0, 0.1) is 15.9 Å². The summed E-state index contributed by atoms with van der Waals surface area (Å²) in [5, 5.41) is 10.8. The van der Waals surface area contributed by atoms with Crippen molar-refractivity contribution in [2.75, 3.05) is 18.1 Å². The number of benzene rings is 2. The zero-order valence-electron chi connectivity index (χ0n) is 13.8. The van der Waals surface area contributed by atoms with Crippen LogP contribution in [-0.4, -0.2) is 34.9 Å². The Labute approximate surface area is 148 Å². The highest BCUT2D eigenvalue weighted by Crippen LogP contribution is 2.24. The third-order valence-corrected chi connectivity index (χ3v) is 4.20. The SMILES string of the molecule is O=C1CCCN1CN(C(=O)c1ccc([N+](=O)[O-])cc1)c1ccccc1F. The van der Waals surface area contributed by atoms with Gasteiger partial charge in [0.05, 0.1) is 10.6 Å². The van der Waals surface area contributed by atoms with Gasteiger partial charge in [-0.15, -0.1) is 0 Å². The van der Waals surface area contributed by atoms with Crippen molar-refractivity contribution in [2.45, 2.75) is 12.8 Å². The van der Waals surface area contributed by atoms with E-state index in [0.29, 0.717) is 19.4 Å². The first-order valence-corrected chi connectivity index (χ1v) is 8.06.